The summed E-state index contributed by atoms with van der Waals surface area (Å²) in [6.45, 7) is 3.63. The third kappa shape index (κ3) is 2.83. The van der Waals surface area contributed by atoms with E-state index in [1.165, 1.54) is 13.3 Å². The minimum absolute atomic E-state index is 0.0661. The van der Waals surface area contributed by atoms with Crippen LogP contribution in [0.2, 0.25) is 0 Å². The maximum absolute atomic E-state index is 11.4. The van der Waals surface area contributed by atoms with Gasteiger partial charge in [-0.25, -0.2) is 4.98 Å². The van der Waals surface area contributed by atoms with Gasteiger partial charge in [-0.1, -0.05) is 13.8 Å². The van der Waals surface area contributed by atoms with Gasteiger partial charge in [0.15, 0.2) is 11.6 Å². The average molecular weight is 209 g/mol. The van der Waals surface area contributed by atoms with Gasteiger partial charge in [0, 0.05) is 12.0 Å². The first-order valence-corrected chi connectivity index (χ1v) is 4.65. The van der Waals surface area contributed by atoms with Gasteiger partial charge in [-0.2, -0.15) is 0 Å². The third-order valence-corrected chi connectivity index (χ3v) is 1.89. The van der Waals surface area contributed by atoms with E-state index in [0.29, 0.717) is 17.3 Å². The molecule has 0 saturated heterocycles. The standard InChI is InChI=1S/C10H15N3O2/c1-6(2)10(14)13-7-4-8(15-3)9(11)12-5-7/h4-6H,1-3H3,(H2,11,12)(H,13,14). The molecule has 0 fully saturated rings. The zero-order chi connectivity index (χ0) is 11.4. The molecule has 0 radical (unpaired) electrons. The van der Waals surface area contributed by atoms with Crippen molar-refractivity contribution in [3.05, 3.63) is 12.3 Å². The molecule has 0 bridgehead atoms. The van der Waals surface area contributed by atoms with E-state index < -0.39 is 0 Å². The number of methoxy groups -OCH3 is 1. The first-order chi connectivity index (χ1) is 7.04. The van der Waals surface area contributed by atoms with Crippen molar-refractivity contribution in [2.24, 2.45) is 5.92 Å². The van der Waals surface area contributed by atoms with Crippen molar-refractivity contribution in [1.29, 1.82) is 0 Å². The third-order valence-electron chi connectivity index (χ3n) is 1.89. The Labute approximate surface area is 88.6 Å². The Morgan fingerprint density at radius 1 is 1.60 bits per heavy atom. The average Bonchev–Trinajstić information content (AvgIpc) is 2.20. The molecule has 15 heavy (non-hydrogen) atoms. The van der Waals surface area contributed by atoms with Crippen LogP contribution in [0.4, 0.5) is 11.5 Å². The zero-order valence-electron chi connectivity index (χ0n) is 9.07. The van der Waals surface area contributed by atoms with Crippen molar-refractivity contribution in [1.82, 2.24) is 4.98 Å². The number of hydrogen-bond donors (Lipinski definition) is 2. The number of pyridine rings is 1. The Morgan fingerprint density at radius 2 is 2.27 bits per heavy atom. The highest BCUT2D eigenvalue weighted by molar-refractivity contribution is 5.92. The number of nitrogen functional groups attached to an aromatic ring is 1. The molecule has 0 aromatic carbocycles. The number of nitrogens with two attached hydrogens (primary N) is 1. The first-order valence-electron chi connectivity index (χ1n) is 4.65. The molecule has 1 aromatic heterocycles. The first kappa shape index (κ1) is 11.3. The van der Waals surface area contributed by atoms with Crippen molar-refractivity contribution in [3.63, 3.8) is 0 Å². The number of hydrogen-bond acceptors (Lipinski definition) is 4. The van der Waals surface area contributed by atoms with Crippen molar-refractivity contribution in [2.75, 3.05) is 18.2 Å². The highest BCUT2D eigenvalue weighted by Crippen LogP contribution is 2.22. The molecule has 0 spiro atoms. The van der Waals surface area contributed by atoms with Crippen molar-refractivity contribution >= 4 is 17.4 Å². The fourth-order valence-corrected chi connectivity index (χ4v) is 0.974. The second-order valence-electron chi connectivity index (χ2n) is 3.46. The van der Waals surface area contributed by atoms with Gasteiger partial charge in [-0.3, -0.25) is 4.79 Å². The highest BCUT2D eigenvalue weighted by Gasteiger charge is 2.09. The molecule has 3 N–H and O–H groups in total. The van der Waals surface area contributed by atoms with E-state index in [-0.39, 0.29) is 11.8 Å². The molecular weight excluding hydrogens is 194 g/mol. The monoisotopic (exact) mass is 209 g/mol. The number of carbonyl (C=O) groups is 1. The smallest absolute Gasteiger partial charge is 0.226 e. The lowest BCUT2D eigenvalue weighted by molar-refractivity contribution is -0.118. The molecule has 0 saturated carbocycles. The van der Waals surface area contributed by atoms with E-state index >= 15 is 0 Å². The predicted octanol–water partition coefficient (Wildman–Crippen LogP) is 1.27. The Morgan fingerprint density at radius 3 is 2.80 bits per heavy atom. The van der Waals surface area contributed by atoms with E-state index in [1.54, 1.807) is 6.07 Å². The lowest BCUT2D eigenvalue weighted by atomic mass is 10.2. The predicted molar refractivity (Wildman–Crippen MR) is 58.7 cm³/mol. The van der Waals surface area contributed by atoms with Crippen LogP contribution in [0.3, 0.4) is 0 Å². The van der Waals surface area contributed by atoms with Gasteiger partial charge >= 0.3 is 0 Å². The van der Waals surface area contributed by atoms with Gasteiger partial charge in [0.2, 0.25) is 5.91 Å². The van der Waals surface area contributed by atoms with Gasteiger partial charge in [0.05, 0.1) is 19.0 Å². The Balaban J connectivity index is 2.83. The van der Waals surface area contributed by atoms with E-state index in [4.69, 9.17) is 10.5 Å². The van der Waals surface area contributed by atoms with Gasteiger partial charge in [-0.05, 0) is 0 Å². The summed E-state index contributed by atoms with van der Waals surface area (Å²) in [5.74, 6) is 0.619. The normalized spacial score (nSPS) is 10.1. The highest BCUT2D eigenvalue weighted by atomic mass is 16.5. The van der Waals surface area contributed by atoms with E-state index in [2.05, 4.69) is 10.3 Å². The molecule has 5 nitrogen and oxygen atoms in total. The van der Waals surface area contributed by atoms with Crippen molar-refractivity contribution < 1.29 is 9.53 Å². The molecule has 1 heterocycles. The molecule has 1 rings (SSSR count). The summed E-state index contributed by atoms with van der Waals surface area (Å²) in [6, 6.07) is 1.64. The topological polar surface area (TPSA) is 77.2 Å². The SMILES string of the molecule is COc1cc(NC(=O)C(C)C)cnc1N. The second kappa shape index (κ2) is 4.63. The maximum Gasteiger partial charge on any atom is 0.226 e. The number of nitrogens with zero attached hydrogens (tertiary/aromatic N) is 1. The molecule has 5 heteroatoms. The molecule has 82 valence electrons. The molecule has 1 amide bonds. The Hall–Kier alpha value is -1.78. The van der Waals surface area contributed by atoms with Crippen LogP contribution >= 0.6 is 0 Å². The Bertz CT molecular complexity index is 364. The van der Waals surface area contributed by atoms with Crippen molar-refractivity contribution in [3.8, 4) is 5.75 Å². The van der Waals surface area contributed by atoms with E-state index in [0.717, 1.165) is 0 Å². The van der Waals surface area contributed by atoms with Crippen LogP contribution in [0.25, 0.3) is 0 Å². The molecule has 0 aliphatic carbocycles. The molecule has 0 aliphatic rings. The van der Waals surface area contributed by atoms with Crippen LogP contribution in [-0.2, 0) is 4.79 Å². The molecule has 0 atom stereocenters. The van der Waals surface area contributed by atoms with E-state index in [1.807, 2.05) is 13.8 Å². The molecular formula is C10H15N3O2. The summed E-state index contributed by atoms with van der Waals surface area (Å²) in [7, 11) is 1.50. The molecule has 0 unspecified atom stereocenters. The molecule has 1 aromatic rings. The molecule has 0 aliphatic heterocycles. The van der Waals surface area contributed by atoms with Gasteiger partial charge in [0.25, 0.3) is 0 Å². The summed E-state index contributed by atoms with van der Waals surface area (Å²) < 4.78 is 4.99. The lowest BCUT2D eigenvalue weighted by Gasteiger charge is -2.09. The van der Waals surface area contributed by atoms with Gasteiger partial charge in [0.1, 0.15) is 0 Å². The van der Waals surface area contributed by atoms with Gasteiger partial charge in [-0.15, -0.1) is 0 Å². The number of carbonyl (C=O) groups excluding carboxylic acids is 1. The van der Waals surface area contributed by atoms with Crippen molar-refractivity contribution in [2.45, 2.75) is 13.8 Å². The van der Waals surface area contributed by atoms with Crippen LogP contribution in [0.15, 0.2) is 12.3 Å². The number of aromatic nitrogens is 1. The minimum atomic E-state index is -0.0754. The number of rotatable bonds is 3. The summed E-state index contributed by atoms with van der Waals surface area (Å²) in [4.78, 5) is 15.3. The number of amides is 1. The summed E-state index contributed by atoms with van der Waals surface area (Å²) in [6.07, 6.45) is 1.50. The van der Waals surface area contributed by atoms with Crippen LogP contribution in [0.5, 0.6) is 5.75 Å². The number of anilines is 2. The fraction of sp³-hybridized carbons (Fsp3) is 0.400. The maximum atomic E-state index is 11.4. The van der Waals surface area contributed by atoms with E-state index in [9.17, 15) is 4.79 Å². The quantitative estimate of drug-likeness (QED) is 0.785. The summed E-state index contributed by atoms with van der Waals surface area (Å²) in [5.41, 5.74) is 6.12. The zero-order valence-corrected chi connectivity index (χ0v) is 9.07. The largest absolute Gasteiger partial charge is 0.493 e. The second-order valence-corrected chi connectivity index (χ2v) is 3.46. The summed E-state index contributed by atoms with van der Waals surface area (Å²) >= 11 is 0. The minimum Gasteiger partial charge on any atom is -0.493 e. The van der Waals surface area contributed by atoms with Crippen LogP contribution < -0.4 is 15.8 Å². The number of ether oxygens (including phenoxy) is 1. The van der Waals surface area contributed by atoms with Crippen LogP contribution in [0, 0.1) is 5.92 Å². The van der Waals surface area contributed by atoms with Crippen LogP contribution in [0.1, 0.15) is 13.8 Å². The van der Waals surface area contributed by atoms with Gasteiger partial charge < -0.3 is 15.8 Å². The van der Waals surface area contributed by atoms with Crippen LogP contribution in [-0.4, -0.2) is 18.0 Å². The lowest BCUT2D eigenvalue weighted by Crippen LogP contribution is -2.18. The summed E-state index contributed by atoms with van der Waals surface area (Å²) in [5, 5.41) is 2.71. The Kier molecular flexibility index (Phi) is 3.49. The number of nitrogens with one attached hydrogen (secondary N) is 1. The fourth-order valence-electron chi connectivity index (χ4n) is 0.974.